The van der Waals surface area contributed by atoms with Gasteiger partial charge in [0.25, 0.3) is 0 Å². The topological polar surface area (TPSA) is 24.5 Å². The number of nitrogens with zero attached hydrogens (tertiary/aromatic N) is 1. The zero-order valence-electron chi connectivity index (χ0n) is 12.6. The third-order valence-corrected chi connectivity index (χ3v) is 3.39. The first-order valence-electron chi connectivity index (χ1n) is 6.75. The number of likely N-dealkylation sites (N-methyl/N-ethyl adjacent to an activating group) is 1. The van der Waals surface area contributed by atoms with Crippen molar-refractivity contribution in [2.75, 3.05) is 26.7 Å². The maximum absolute atomic E-state index is 6.10. The molecule has 3 heteroatoms. The molecule has 1 aliphatic rings. The number of hydrogen-bond donors (Lipinski definition) is 1. The van der Waals surface area contributed by atoms with Gasteiger partial charge in [0.1, 0.15) is 0 Å². The normalized spacial score (nSPS) is 26.1. The van der Waals surface area contributed by atoms with E-state index in [9.17, 15) is 0 Å². The van der Waals surface area contributed by atoms with Crippen LogP contribution < -0.4 is 5.32 Å². The molecule has 0 aromatic carbocycles. The molecule has 1 aliphatic heterocycles. The summed E-state index contributed by atoms with van der Waals surface area (Å²) in [5.41, 5.74) is -0.0892. The molecule has 1 unspecified atom stereocenters. The summed E-state index contributed by atoms with van der Waals surface area (Å²) in [7, 11) is 2.06. The van der Waals surface area contributed by atoms with Gasteiger partial charge >= 0.3 is 0 Å². The Morgan fingerprint density at radius 3 is 1.94 bits per heavy atom. The summed E-state index contributed by atoms with van der Waals surface area (Å²) in [5, 5.41) is 3.42. The van der Waals surface area contributed by atoms with Gasteiger partial charge in [0, 0.05) is 25.7 Å². The molecule has 1 rings (SSSR count). The first-order chi connectivity index (χ1) is 7.65. The molecule has 1 atom stereocenters. The fraction of sp³-hybridized carbons (Fsp3) is 1.00. The Morgan fingerprint density at radius 2 is 1.59 bits per heavy atom. The van der Waals surface area contributed by atoms with Gasteiger partial charge in [-0.05, 0) is 40.7 Å². The molecule has 1 saturated heterocycles. The first-order valence-corrected chi connectivity index (χ1v) is 6.75. The molecule has 0 aliphatic carbocycles. The maximum Gasteiger partial charge on any atom is 0.0760 e. The van der Waals surface area contributed by atoms with Gasteiger partial charge in [0.15, 0.2) is 0 Å². The maximum atomic E-state index is 6.10. The molecular weight excluding hydrogens is 212 g/mol. The molecule has 0 bridgehead atoms. The van der Waals surface area contributed by atoms with E-state index in [1.165, 1.54) is 0 Å². The van der Waals surface area contributed by atoms with Gasteiger partial charge in [-0.2, -0.15) is 0 Å². The minimum Gasteiger partial charge on any atom is -0.367 e. The van der Waals surface area contributed by atoms with Crippen molar-refractivity contribution in [3.63, 3.8) is 0 Å². The molecule has 0 aromatic rings. The highest BCUT2D eigenvalue weighted by Crippen LogP contribution is 2.28. The number of nitrogens with one attached hydrogen (secondary N) is 1. The monoisotopic (exact) mass is 242 g/mol. The third kappa shape index (κ3) is 4.57. The fourth-order valence-electron chi connectivity index (χ4n) is 2.99. The van der Waals surface area contributed by atoms with Gasteiger partial charge < -0.3 is 10.1 Å². The summed E-state index contributed by atoms with van der Waals surface area (Å²) >= 11 is 0. The minimum atomic E-state index is -0.0446. The predicted octanol–water partition coefficient (Wildman–Crippen LogP) is 2.12. The molecule has 0 saturated carbocycles. The Bertz CT molecular complexity index is 233. The van der Waals surface area contributed by atoms with Crippen LogP contribution in [0.4, 0.5) is 0 Å². The van der Waals surface area contributed by atoms with Gasteiger partial charge in [-0.1, -0.05) is 13.8 Å². The average molecular weight is 242 g/mol. The summed E-state index contributed by atoms with van der Waals surface area (Å²) in [6, 6.07) is 0.555. The summed E-state index contributed by atoms with van der Waals surface area (Å²) < 4.78 is 6.10. The van der Waals surface area contributed by atoms with Gasteiger partial charge in [-0.15, -0.1) is 0 Å². The van der Waals surface area contributed by atoms with Crippen molar-refractivity contribution in [1.82, 2.24) is 10.2 Å². The highest BCUT2D eigenvalue weighted by molar-refractivity contribution is 4.90. The van der Waals surface area contributed by atoms with Crippen molar-refractivity contribution in [3.8, 4) is 0 Å². The SMILES string of the molecule is CNC(CN1CC(C)(C)OC(C)(C)C1)C(C)C. The highest BCUT2D eigenvalue weighted by Gasteiger charge is 2.38. The molecule has 0 spiro atoms. The van der Waals surface area contributed by atoms with Gasteiger partial charge in [0.05, 0.1) is 11.2 Å². The van der Waals surface area contributed by atoms with Crippen molar-refractivity contribution < 1.29 is 4.74 Å². The minimum absolute atomic E-state index is 0.0446. The average Bonchev–Trinajstić information content (AvgIpc) is 2.08. The van der Waals surface area contributed by atoms with Crippen LogP contribution in [-0.4, -0.2) is 48.8 Å². The molecule has 1 N–H and O–H groups in total. The van der Waals surface area contributed by atoms with Crippen molar-refractivity contribution in [1.29, 1.82) is 0 Å². The Kier molecular flexibility index (Phi) is 4.61. The molecule has 3 nitrogen and oxygen atoms in total. The predicted molar refractivity (Wildman–Crippen MR) is 73.4 cm³/mol. The van der Waals surface area contributed by atoms with Crippen molar-refractivity contribution in [2.24, 2.45) is 5.92 Å². The fourth-order valence-corrected chi connectivity index (χ4v) is 2.99. The van der Waals surface area contributed by atoms with Crippen LogP contribution in [0.25, 0.3) is 0 Å². The second-order valence-electron chi connectivity index (χ2n) is 6.93. The lowest BCUT2D eigenvalue weighted by molar-refractivity contribution is -0.181. The molecule has 1 fully saturated rings. The van der Waals surface area contributed by atoms with Crippen molar-refractivity contribution in [2.45, 2.75) is 58.8 Å². The lowest BCUT2D eigenvalue weighted by Gasteiger charge is -2.48. The standard InChI is InChI=1S/C14H30N2O/c1-11(2)12(15-7)8-16-9-13(3,4)17-14(5,6)10-16/h11-12,15H,8-10H2,1-7H3. The second-order valence-corrected chi connectivity index (χ2v) is 6.93. The van der Waals surface area contributed by atoms with E-state index in [0.29, 0.717) is 12.0 Å². The Balaban J connectivity index is 2.65. The van der Waals surface area contributed by atoms with Crippen LogP contribution in [0.15, 0.2) is 0 Å². The van der Waals surface area contributed by atoms with E-state index in [0.717, 1.165) is 19.6 Å². The largest absolute Gasteiger partial charge is 0.367 e. The Labute approximate surface area is 107 Å². The van der Waals surface area contributed by atoms with Gasteiger partial charge in [-0.25, -0.2) is 0 Å². The van der Waals surface area contributed by atoms with Crippen LogP contribution in [0, 0.1) is 5.92 Å². The summed E-state index contributed by atoms with van der Waals surface area (Å²) in [6.07, 6.45) is 0. The second kappa shape index (κ2) is 5.25. The number of morpholine rings is 1. The molecular formula is C14H30N2O. The highest BCUT2D eigenvalue weighted by atomic mass is 16.5. The van der Waals surface area contributed by atoms with Crippen LogP contribution in [0.2, 0.25) is 0 Å². The molecule has 0 amide bonds. The van der Waals surface area contributed by atoms with Gasteiger partial charge in [-0.3, -0.25) is 4.90 Å². The quantitative estimate of drug-likeness (QED) is 0.817. The first kappa shape index (κ1) is 14.9. The zero-order valence-corrected chi connectivity index (χ0v) is 12.6. The van der Waals surface area contributed by atoms with E-state index in [2.05, 4.69) is 58.8 Å². The van der Waals surface area contributed by atoms with E-state index in [1.54, 1.807) is 0 Å². The molecule has 1 heterocycles. The van der Waals surface area contributed by atoms with E-state index >= 15 is 0 Å². The van der Waals surface area contributed by atoms with Crippen LogP contribution in [0.1, 0.15) is 41.5 Å². The van der Waals surface area contributed by atoms with E-state index in [-0.39, 0.29) is 11.2 Å². The third-order valence-electron chi connectivity index (χ3n) is 3.39. The van der Waals surface area contributed by atoms with Gasteiger partial charge in [0.2, 0.25) is 0 Å². The van der Waals surface area contributed by atoms with Crippen LogP contribution >= 0.6 is 0 Å². The Hall–Kier alpha value is -0.120. The molecule has 102 valence electrons. The number of ether oxygens (including phenoxy) is 1. The van der Waals surface area contributed by atoms with Crippen LogP contribution in [-0.2, 0) is 4.74 Å². The van der Waals surface area contributed by atoms with Crippen molar-refractivity contribution >= 4 is 0 Å². The summed E-state index contributed by atoms with van der Waals surface area (Å²) in [4.78, 5) is 2.53. The van der Waals surface area contributed by atoms with E-state index in [1.807, 2.05) is 0 Å². The van der Waals surface area contributed by atoms with Crippen LogP contribution in [0.3, 0.4) is 0 Å². The van der Waals surface area contributed by atoms with E-state index in [4.69, 9.17) is 4.74 Å². The Morgan fingerprint density at radius 1 is 1.12 bits per heavy atom. The number of hydrogen-bond acceptors (Lipinski definition) is 3. The lowest BCUT2D eigenvalue weighted by atomic mass is 9.96. The number of rotatable bonds is 4. The molecule has 0 radical (unpaired) electrons. The van der Waals surface area contributed by atoms with Crippen molar-refractivity contribution in [3.05, 3.63) is 0 Å². The van der Waals surface area contributed by atoms with E-state index < -0.39 is 0 Å². The summed E-state index contributed by atoms with van der Waals surface area (Å²) in [5.74, 6) is 0.661. The molecule has 17 heavy (non-hydrogen) atoms. The lowest BCUT2D eigenvalue weighted by Crippen LogP contribution is -2.59. The van der Waals surface area contributed by atoms with Crippen LogP contribution in [0.5, 0.6) is 0 Å². The smallest absolute Gasteiger partial charge is 0.0760 e. The zero-order chi connectivity index (χ0) is 13.3. The summed E-state index contributed by atoms with van der Waals surface area (Å²) in [6.45, 7) is 16.4. The molecule has 0 aromatic heterocycles.